The van der Waals surface area contributed by atoms with Crippen molar-refractivity contribution in [2.75, 3.05) is 6.61 Å². The minimum absolute atomic E-state index is 0.574. The number of benzene rings is 1. The SMILES string of the molecule is [O-][n+]1cccc2ccc3c(c21)C=CCO3. The molecule has 2 heterocycles. The summed E-state index contributed by atoms with van der Waals surface area (Å²) in [7, 11) is 0. The van der Waals surface area contributed by atoms with Crippen molar-refractivity contribution in [2.45, 2.75) is 0 Å². The summed E-state index contributed by atoms with van der Waals surface area (Å²) in [5.41, 5.74) is 1.54. The van der Waals surface area contributed by atoms with Crippen LogP contribution in [0.2, 0.25) is 0 Å². The Morgan fingerprint density at radius 3 is 3.13 bits per heavy atom. The average Bonchev–Trinajstić information content (AvgIpc) is 2.29. The van der Waals surface area contributed by atoms with Crippen LogP contribution in [0.5, 0.6) is 5.75 Å². The first-order valence-corrected chi connectivity index (χ1v) is 4.80. The van der Waals surface area contributed by atoms with E-state index in [1.807, 2.05) is 30.4 Å². The lowest BCUT2D eigenvalue weighted by Crippen LogP contribution is -2.27. The van der Waals surface area contributed by atoms with Gasteiger partial charge in [-0.1, -0.05) is 0 Å². The Balaban J connectivity index is 2.46. The third-order valence-electron chi connectivity index (χ3n) is 2.55. The fourth-order valence-electron chi connectivity index (χ4n) is 1.88. The van der Waals surface area contributed by atoms with Crippen molar-refractivity contribution >= 4 is 17.0 Å². The number of nitrogens with zero attached hydrogens (tertiary/aromatic N) is 1. The van der Waals surface area contributed by atoms with Gasteiger partial charge in [-0.05, 0) is 30.4 Å². The number of rotatable bonds is 0. The molecule has 0 spiro atoms. The number of hydrogen-bond acceptors (Lipinski definition) is 2. The molecule has 1 aromatic heterocycles. The number of hydrogen-bond donors (Lipinski definition) is 0. The van der Waals surface area contributed by atoms with E-state index < -0.39 is 0 Å². The Hall–Kier alpha value is -2.03. The summed E-state index contributed by atoms with van der Waals surface area (Å²) in [6.07, 6.45) is 5.36. The van der Waals surface area contributed by atoms with Crippen molar-refractivity contribution in [3.63, 3.8) is 0 Å². The van der Waals surface area contributed by atoms with Gasteiger partial charge in [-0.15, -0.1) is 0 Å². The van der Waals surface area contributed by atoms with Crippen molar-refractivity contribution in [3.8, 4) is 5.75 Å². The molecule has 3 rings (SSSR count). The first kappa shape index (κ1) is 8.29. The third-order valence-corrected chi connectivity index (χ3v) is 2.55. The topological polar surface area (TPSA) is 36.2 Å². The van der Waals surface area contributed by atoms with E-state index >= 15 is 0 Å². The van der Waals surface area contributed by atoms with Crippen molar-refractivity contribution in [1.82, 2.24) is 0 Å². The van der Waals surface area contributed by atoms with Crippen molar-refractivity contribution in [3.05, 3.63) is 47.3 Å². The summed E-state index contributed by atoms with van der Waals surface area (Å²) in [5.74, 6) is 0.779. The van der Waals surface area contributed by atoms with Gasteiger partial charge in [0.1, 0.15) is 12.4 Å². The summed E-state index contributed by atoms with van der Waals surface area (Å²) in [6.45, 7) is 0.574. The van der Waals surface area contributed by atoms with Crippen molar-refractivity contribution in [2.24, 2.45) is 0 Å². The number of aromatic nitrogens is 1. The molecule has 1 aliphatic rings. The molecule has 0 fully saturated rings. The van der Waals surface area contributed by atoms with Gasteiger partial charge < -0.3 is 9.94 Å². The first-order valence-electron chi connectivity index (χ1n) is 4.80. The molecule has 0 unspecified atom stereocenters. The molecule has 0 N–H and O–H groups in total. The van der Waals surface area contributed by atoms with Gasteiger partial charge in [-0.25, -0.2) is 0 Å². The quantitative estimate of drug-likeness (QED) is 0.479. The molecule has 1 aromatic carbocycles. The van der Waals surface area contributed by atoms with Gasteiger partial charge in [0.15, 0.2) is 6.20 Å². The van der Waals surface area contributed by atoms with Gasteiger partial charge in [0.2, 0.25) is 5.52 Å². The fourth-order valence-corrected chi connectivity index (χ4v) is 1.88. The molecule has 1 aliphatic heterocycles. The maximum absolute atomic E-state index is 11.7. The lowest BCUT2D eigenvalue weighted by Gasteiger charge is -2.13. The number of fused-ring (bicyclic) bond motifs is 3. The number of pyridine rings is 1. The molecule has 74 valence electrons. The van der Waals surface area contributed by atoms with Crippen molar-refractivity contribution < 1.29 is 9.47 Å². The molecule has 15 heavy (non-hydrogen) atoms. The minimum atomic E-state index is 0.574. The lowest BCUT2D eigenvalue weighted by molar-refractivity contribution is -0.577. The molecule has 3 heteroatoms. The summed E-state index contributed by atoms with van der Waals surface area (Å²) in [6, 6.07) is 7.48. The predicted molar refractivity (Wildman–Crippen MR) is 57.4 cm³/mol. The highest BCUT2D eigenvalue weighted by Crippen LogP contribution is 2.29. The second kappa shape index (κ2) is 2.98. The lowest BCUT2D eigenvalue weighted by atomic mass is 10.1. The van der Waals surface area contributed by atoms with E-state index in [1.54, 1.807) is 6.07 Å². The van der Waals surface area contributed by atoms with Crippen LogP contribution in [0.25, 0.3) is 17.0 Å². The molecule has 0 aliphatic carbocycles. The van der Waals surface area contributed by atoms with E-state index in [1.165, 1.54) is 6.20 Å². The Kier molecular flexibility index (Phi) is 1.65. The molecule has 0 atom stereocenters. The highest BCUT2D eigenvalue weighted by Gasteiger charge is 2.15. The molecule has 0 amide bonds. The maximum atomic E-state index is 11.7. The Bertz CT molecular complexity index is 561. The van der Waals surface area contributed by atoms with Crippen LogP contribution in [0, 0.1) is 5.21 Å². The van der Waals surface area contributed by atoms with E-state index in [0.29, 0.717) is 12.1 Å². The monoisotopic (exact) mass is 199 g/mol. The van der Waals surface area contributed by atoms with Crippen LogP contribution in [-0.2, 0) is 0 Å². The standard InChI is InChI=1S/C12H9NO2/c14-13-7-1-3-9-5-6-11-10(12(9)13)4-2-8-15-11/h1-7H,8H2. The minimum Gasteiger partial charge on any atom is -0.618 e. The molecule has 2 aromatic rings. The number of ether oxygens (including phenoxy) is 1. The molecule has 0 saturated carbocycles. The van der Waals surface area contributed by atoms with Gasteiger partial charge in [0.05, 0.1) is 5.56 Å². The van der Waals surface area contributed by atoms with Crippen LogP contribution in [-0.4, -0.2) is 6.61 Å². The van der Waals surface area contributed by atoms with Crippen LogP contribution in [0.3, 0.4) is 0 Å². The van der Waals surface area contributed by atoms with E-state index in [4.69, 9.17) is 4.74 Å². The second-order valence-corrected chi connectivity index (χ2v) is 3.46. The highest BCUT2D eigenvalue weighted by atomic mass is 16.5. The Morgan fingerprint density at radius 2 is 2.20 bits per heavy atom. The van der Waals surface area contributed by atoms with Gasteiger partial charge >= 0.3 is 0 Å². The van der Waals surface area contributed by atoms with Crippen LogP contribution in [0.15, 0.2) is 36.5 Å². The van der Waals surface area contributed by atoms with Gasteiger partial charge in [-0.2, -0.15) is 4.73 Å². The largest absolute Gasteiger partial charge is 0.618 e. The third kappa shape index (κ3) is 1.16. The molecule has 0 radical (unpaired) electrons. The first-order chi connectivity index (χ1) is 7.36. The maximum Gasteiger partial charge on any atom is 0.234 e. The summed E-state index contributed by atoms with van der Waals surface area (Å²) >= 11 is 0. The van der Waals surface area contributed by atoms with Crippen LogP contribution >= 0.6 is 0 Å². The van der Waals surface area contributed by atoms with Gasteiger partial charge in [0, 0.05) is 11.5 Å². The van der Waals surface area contributed by atoms with Crippen molar-refractivity contribution in [1.29, 1.82) is 0 Å². The molecule has 0 saturated heterocycles. The zero-order chi connectivity index (χ0) is 10.3. The summed E-state index contributed by atoms with van der Waals surface area (Å²) in [5, 5.41) is 12.6. The zero-order valence-corrected chi connectivity index (χ0v) is 8.01. The van der Waals surface area contributed by atoms with E-state index in [0.717, 1.165) is 21.4 Å². The Morgan fingerprint density at radius 1 is 1.27 bits per heavy atom. The highest BCUT2D eigenvalue weighted by molar-refractivity contribution is 5.88. The van der Waals surface area contributed by atoms with Crippen LogP contribution in [0.1, 0.15) is 5.56 Å². The summed E-state index contributed by atoms with van der Waals surface area (Å²) in [4.78, 5) is 0. The van der Waals surface area contributed by atoms with Crippen LogP contribution in [0.4, 0.5) is 0 Å². The molecular formula is C12H9NO2. The normalized spacial score (nSPS) is 13.6. The molecule has 0 bridgehead atoms. The van der Waals surface area contributed by atoms with E-state index in [-0.39, 0.29) is 0 Å². The van der Waals surface area contributed by atoms with Gasteiger partial charge in [-0.3, -0.25) is 0 Å². The second-order valence-electron chi connectivity index (χ2n) is 3.46. The van der Waals surface area contributed by atoms with Crippen LogP contribution < -0.4 is 9.47 Å². The average molecular weight is 199 g/mol. The van der Waals surface area contributed by atoms with E-state index in [2.05, 4.69) is 0 Å². The fraction of sp³-hybridized carbons (Fsp3) is 0.0833. The van der Waals surface area contributed by atoms with E-state index in [9.17, 15) is 5.21 Å². The zero-order valence-electron chi connectivity index (χ0n) is 8.01. The van der Waals surface area contributed by atoms with Gasteiger partial charge in [0.25, 0.3) is 0 Å². The smallest absolute Gasteiger partial charge is 0.234 e. The predicted octanol–water partition coefficient (Wildman–Crippen LogP) is 1.88. The summed E-state index contributed by atoms with van der Waals surface area (Å²) < 4.78 is 6.33. The molecule has 3 nitrogen and oxygen atoms in total. The molecular weight excluding hydrogens is 190 g/mol. The Labute approximate surface area is 86.8 Å².